The van der Waals surface area contributed by atoms with E-state index < -0.39 is 23.4 Å². The molecule has 20 heavy (non-hydrogen) atoms. The lowest BCUT2D eigenvalue weighted by Crippen LogP contribution is -2.20. The number of hydrogen-bond donors (Lipinski definition) is 1. The van der Waals surface area contributed by atoms with Crippen molar-refractivity contribution in [2.45, 2.75) is 31.6 Å². The Balaban J connectivity index is 2.08. The second-order valence-corrected chi connectivity index (χ2v) is 4.62. The zero-order valence-corrected chi connectivity index (χ0v) is 10.4. The Labute approximate surface area is 112 Å². The minimum absolute atomic E-state index is 0.373. The Morgan fingerprint density at radius 1 is 1.40 bits per heavy atom. The van der Waals surface area contributed by atoms with Crippen LogP contribution in [0.4, 0.5) is 18.9 Å². The lowest BCUT2D eigenvalue weighted by atomic mass is 10.2. The van der Waals surface area contributed by atoms with E-state index in [1.807, 2.05) is 0 Å². The Bertz CT molecular complexity index is 501. The van der Waals surface area contributed by atoms with Crippen LogP contribution in [0.3, 0.4) is 0 Å². The van der Waals surface area contributed by atoms with Gasteiger partial charge < -0.3 is 10.1 Å². The van der Waals surface area contributed by atoms with Gasteiger partial charge in [0.2, 0.25) is 0 Å². The molecule has 0 unspecified atom stereocenters. The predicted molar refractivity (Wildman–Crippen MR) is 64.5 cm³/mol. The largest absolute Gasteiger partial charge is 0.477 e. The molecule has 0 atom stereocenters. The molecule has 1 aromatic rings. The number of nitro groups is 1. The average Bonchev–Trinajstić information content (AvgIpc) is 3.17. The van der Waals surface area contributed by atoms with Gasteiger partial charge in [0.15, 0.2) is 12.4 Å². The standard InChI is InChI=1S/C12H13F3N2O3/c13-12(14,15)7-20-11-4-1-8(5-10(11)17(18)19)6-16-9-2-3-9/h1,4-5,9,16H,2-3,6-7H2. The van der Waals surface area contributed by atoms with Gasteiger partial charge in [-0.1, -0.05) is 6.07 Å². The highest BCUT2D eigenvalue weighted by Crippen LogP contribution is 2.30. The van der Waals surface area contributed by atoms with Crippen LogP contribution in [0.25, 0.3) is 0 Å². The summed E-state index contributed by atoms with van der Waals surface area (Å²) >= 11 is 0. The van der Waals surface area contributed by atoms with Gasteiger partial charge in [-0.3, -0.25) is 10.1 Å². The van der Waals surface area contributed by atoms with Gasteiger partial charge in [0.25, 0.3) is 0 Å². The molecule has 1 aliphatic rings. The van der Waals surface area contributed by atoms with Gasteiger partial charge in [0.05, 0.1) is 4.92 Å². The summed E-state index contributed by atoms with van der Waals surface area (Å²) < 4.78 is 40.7. The maximum Gasteiger partial charge on any atom is 0.422 e. The molecule has 8 heteroatoms. The SMILES string of the molecule is O=[N+]([O-])c1cc(CNC2CC2)ccc1OCC(F)(F)F. The van der Waals surface area contributed by atoms with Gasteiger partial charge >= 0.3 is 11.9 Å². The van der Waals surface area contributed by atoms with Crippen LogP contribution in [0.2, 0.25) is 0 Å². The fourth-order valence-corrected chi connectivity index (χ4v) is 1.65. The molecular weight excluding hydrogens is 277 g/mol. The number of rotatable bonds is 6. The molecule has 0 spiro atoms. The van der Waals surface area contributed by atoms with E-state index in [9.17, 15) is 23.3 Å². The van der Waals surface area contributed by atoms with Gasteiger partial charge in [-0.15, -0.1) is 0 Å². The molecule has 1 saturated carbocycles. The molecule has 0 saturated heterocycles. The summed E-state index contributed by atoms with van der Waals surface area (Å²) in [7, 11) is 0. The van der Waals surface area contributed by atoms with E-state index >= 15 is 0 Å². The van der Waals surface area contributed by atoms with Gasteiger partial charge in [-0.05, 0) is 24.5 Å². The maximum absolute atomic E-state index is 12.1. The first kappa shape index (κ1) is 14.6. The first-order valence-electron chi connectivity index (χ1n) is 6.05. The Kier molecular flexibility index (Phi) is 4.12. The number of hydrogen-bond acceptors (Lipinski definition) is 4. The topological polar surface area (TPSA) is 64.4 Å². The minimum Gasteiger partial charge on any atom is -0.477 e. The van der Waals surface area contributed by atoms with E-state index in [0.717, 1.165) is 12.8 Å². The van der Waals surface area contributed by atoms with Crippen molar-refractivity contribution in [1.29, 1.82) is 0 Å². The average molecular weight is 290 g/mol. The number of alkyl halides is 3. The third-order valence-electron chi connectivity index (χ3n) is 2.78. The highest BCUT2D eigenvalue weighted by atomic mass is 19.4. The molecule has 0 aromatic heterocycles. The van der Waals surface area contributed by atoms with Gasteiger partial charge in [0.1, 0.15) is 0 Å². The number of nitro benzene ring substituents is 1. The lowest BCUT2D eigenvalue weighted by Gasteiger charge is -2.10. The van der Waals surface area contributed by atoms with E-state index in [-0.39, 0.29) is 5.75 Å². The predicted octanol–water partition coefficient (Wildman–Crippen LogP) is 2.79. The highest BCUT2D eigenvalue weighted by Gasteiger charge is 2.30. The van der Waals surface area contributed by atoms with Crippen molar-refractivity contribution in [2.75, 3.05) is 6.61 Å². The fourth-order valence-electron chi connectivity index (χ4n) is 1.65. The van der Waals surface area contributed by atoms with E-state index in [0.29, 0.717) is 18.2 Å². The molecule has 1 N–H and O–H groups in total. The number of nitrogens with one attached hydrogen (secondary N) is 1. The summed E-state index contributed by atoms with van der Waals surface area (Å²) in [5, 5.41) is 14.0. The summed E-state index contributed by atoms with van der Waals surface area (Å²) in [4.78, 5) is 10.1. The van der Waals surface area contributed by atoms with Crippen molar-refractivity contribution in [1.82, 2.24) is 5.32 Å². The first-order valence-corrected chi connectivity index (χ1v) is 6.05. The summed E-state index contributed by atoms with van der Waals surface area (Å²) in [5.41, 5.74) is 0.187. The molecule has 0 bridgehead atoms. The zero-order chi connectivity index (χ0) is 14.8. The summed E-state index contributed by atoms with van der Waals surface area (Å²) in [6.07, 6.45) is -2.37. The van der Waals surface area contributed by atoms with E-state index in [1.54, 1.807) is 0 Å². The number of halogens is 3. The molecule has 0 amide bonds. The quantitative estimate of drug-likeness (QED) is 0.646. The highest BCUT2D eigenvalue weighted by molar-refractivity contribution is 5.48. The van der Waals surface area contributed by atoms with Crippen LogP contribution in [0.15, 0.2) is 18.2 Å². The van der Waals surface area contributed by atoms with Crippen LogP contribution >= 0.6 is 0 Å². The second kappa shape index (κ2) is 5.66. The van der Waals surface area contributed by atoms with Gasteiger partial charge in [0, 0.05) is 18.7 Å². The third-order valence-corrected chi connectivity index (χ3v) is 2.78. The van der Waals surface area contributed by atoms with Crippen LogP contribution in [0.5, 0.6) is 5.75 Å². The molecule has 1 aliphatic carbocycles. The number of nitrogens with zero attached hydrogens (tertiary/aromatic N) is 1. The second-order valence-electron chi connectivity index (χ2n) is 4.62. The molecule has 1 aromatic carbocycles. The molecule has 0 heterocycles. The molecular formula is C12H13F3N2O3. The Hall–Kier alpha value is -1.83. The van der Waals surface area contributed by atoms with Crippen LogP contribution in [-0.4, -0.2) is 23.7 Å². The van der Waals surface area contributed by atoms with Crippen molar-refractivity contribution in [2.24, 2.45) is 0 Å². The van der Waals surface area contributed by atoms with Crippen molar-refractivity contribution >= 4 is 5.69 Å². The normalized spacial score (nSPS) is 15.2. The monoisotopic (exact) mass is 290 g/mol. The van der Waals surface area contributed by atoms with Crippen LogP contribution < -0.4 is 10.1 Å². The Morgan fingerprint density at radius 3 is 2.65 bits per heavy atom. The number of benzene rings is 1. The van der Waals surface area contributed by atoms with Gasteiger partial charge in [-0.25, -0.2) is 0 Å². The number of ether oxygens (including phenoxy) is 1. The third kappa shape index (κ3) is 4.37. The van der Waals surface area contributed by atoms with E-state index in [1.165, 1.54) is 18.2 Å². The molecule has 1 fully saturated rings. The van der Waals surface area contributed by atoms with Crippen LogP contribution in [-0.2, 0) is 6.54 Å². The van der Waals surface area contributed by atoms with Crippen LogP contribution in [0.1, 0.15) is 18.4 Å². The van der Waals surface area contributed by atoms with Crippen molar-refractivity contribution in [3.63, 3.8) is 0 Å². The summed E-state index contributed by atoms with van der Waals surface area (Å²) in [5.74, 6) is -0.373. The Morgan fingerprint density at radius 2 is 2.10 bits per heavy atom. The fraction of sp³-hybridized carbons (Fsp3) is 0.500. The molecule has 110 valence electrons. The van der Waals surface area contributed by atoms with Crippen molar-refractivity contribution in [3.8, 4) is 5.75 Å². The van der Waals surface area contributed by atoms with E-state index in [4.69, 9.17) is 0 Å². The van der Waals surface area contributed by atoms with Gasteiger partial charge in [-0.2, -0.15) is 13.2 Å². The van der Waals surface area contributed by atoms with E-state index in [2.05, 4.69) is 10.1 Å². The molecule has 5 nitrogen and oxygen atoms in total. The van der Waals surface area contributed by atoms with Crippen LogP contribution in [0, 0.1) is 10.1 Å². The smallest absolute Gasteiger partial charge is 0.422 e. The molecule has 0 aliphatic heterocycles. The summed E-state index contributed by atoms with van der Waals surface area (Å²) in [6.45, 7) is -1.10. The molecule has 0 radical (unpaired) electrons. The lowest BCUT2D eigenvalue weighted by molar-refractivity contribution is -0.386. The zero-order valence-electron chi connectivity index (χ0n) is 10.4. The first-order chi connectivity index (χ1) is 9.35. The maximum atomic E-state index is 12.1. The summed E-state index contributed by atoms with van der Waals surface area (Å²) in [6, 6.07) is 4.40. The van der Waals surface area contributed by atoms with Crippen molar-refractivity contribution in [3.05, 3.63) is 33.9 Å². The molecule has 2 rings (SSSR count). The van der Waals surface area contributed by atoms with Crippen molar-refractivity contribution < 1.29 is 22.8 Å². The minimum atomic E-state index is -4.53.